The Labute approximate surface area is 351 Å². The quantitative estimate of drug-likeness (QED) is 0.270. The minimum Gasteiger partial charge on any atom is -1.00 e. The summed E-state index contributed by atoms with van der Waals surface area (Å²) in [5.41, 5.74) is 4.75. The van der Waals surface area contributed by atoms with E-state index < -0.39 is 0 Å². The molecule has 8 atom stereocenters. The van der Waals surface area contributed by atoms with Crippen molar-refractivity contribution in [2.75, 3.05) is 0 Å². The maximum Gasteiger partial charge on any atom is 0.00455 e. The number of allylic oxidation sites excluding steroid dienone is 20. The van der Waals surface area contributed by atoms with Crippen molar-refractivity contribution in [1.29, 1.82) is 0 Å². The third-order valence-electron chi connectivity index (χ3n) is 15.2. The van der Waals surface area contributed by atoms with Gasteiger partial charge >= 0.3 is 89.5 Å². The van der Waals surface area contributed by atoms with Crippen molar-refractivity contribution >= 4 is 3.71 Å². The van der Waals surface area contributed by atoms with Gasteiger partial charge in [-0.2, -0.15) is 12.2 Å². The molecule has 0 aliphatic heterocycles. The summed E-state index contributed by atoms with van der Waals surface area (Å²) < 4.78 is 2.21. The Morgan fingerprint density at radius 3 is 1.57 bits per heavy atom. The van der Waals surface area contributed by atoms with Crippen LogP contribution in [0.15, 0.2) is 133 Å². The van der Waals surface area contributed by atoms with Gasteiger partial charge in [-0.15, -0.1) is 30.3 Å². The summed E-state index contributed by atoms with van der Waals surface area (Å²) in [6, 6.07) is 8.82. The normalized spacial score (nSPS) is 38.2. The van der Waals surface area contributed by atoms with E-state index in [0.717, 1.165) is 12.8 Å². The van der Waals surface area contributed by atoms with Gasteiger partial charge in [0.15, 0.2) is 0 Å². The molecule has 8 unspecified atom stereocenters. The Kier molecular flexibility index (Phi) is 14.2. The van der Waals surface area contributed by atoms with Gasteiger partial charge < -0.3 is 31.2 Å². The molecule has 0 spiro atoms. The van der Waals surface area contributed by atoms with E-state index in [2.05, 4.69) is 202 Å². The molecule has 282 valence electrons. The molecule has 53 heavy (non-hydrogen) atoms. The second kappa shape index (κ2) is 16.6. The van der Waals surface area contributed by atoms with Gasteiger partial charge in [0.25, 0.3) is 0 Å². The van der Waals surface area contributed by atoms with Crippen molar-refractivity contribution in [2.24, 2.45) is 43.8 Å². The van der Waals surface area contributed by atoms with Crippen LogP contribution in [0.5, 0.6) is 0 Å². The van der Waals surface area contributed by atoms with Gasteiger partial charge in [-0.3, -0.25) is 12.2 Å². The van der Waals surface area contributed by atoms with Crippen LogP contribution in [0.3, 0.4) is 0 Å². The van der Waals surface area contributed by atoms with Crippen molar-refractivity contribution in [3.05, 3.63) is 163 Å². The van der Waals surface area contributed by atoms with E-state index in [1.807, 2.05) is 24.3 Å². The summed E-state index contributed by atoms with van der Waals surface area (Å²) in [6.45, 7) is 27.0. The average molecular weight is 824 g/mol. The fourth-order valence-corrected chi connectivity index (χ4v) is 11.5. The summed E-state index contributed by atoms with van der Waals surface area (Å²) in [4.78, 5) is 0. The third-order valence-corrected chi connectivity index (χ3v) is 16.0. The number of benzene rings is 1. The SMILES string of the molecule is CC(C)(C)c1ccc([CH]=[Zr+2])cc1.CC1=CC=CC2[CH-]C3(C)C4(C)C=CC=CC4(C)C4(C)C=CC=CC4(C)C3(C)C12C.[C-]1=CC=CC1.[C-]1=CC=CC1.[Cl-].[Cl-]. The summed E-state index contributed by atoms with van der Waals surface area (Å²) in [5, 5.41) is 0. The maximum atomic E-state index is 2.99. The van der Waals surface area contributed by atoms with Crippen molar-refractivity contribution in [2.45, 2.75) is 94.4 Å². The Morgan fingerprint density at radius 1 is 0.679 bits per heavy atom. The molecular formula is C50H61Cl2Zr-3. The Bertz CT molecular complexity index is 1750. The Balaban J connectivity index is 0.000000258. The number of halogens is 2. The fraction of sp³-hybridized carbons (Fsp3) is 0.440. The maximum absolute atomic E-state index is 2.99. The summed E-state index contributed by atoms with van der Waals surface area (Å²) in [5.74, 6) is 0.460. The molecule has 8 rings (SSSR count). The molecule has 2 fully saturated rings. The van der Waals surface area contributed by atoms with Gasteiger partial charge in [-0.25, -0.2) is 24.3 Å². The molecule has 0 saturated heterocycles. The fourth-order valence-electron chi connectivity index (χ4n) is 11.0. The van der Waals surface area contributed by atoms with E-state index in [1.54, 1.807) is 0 Å². The van der Waals surface area contributed by atoms with Crippen molar-refractivity contribution in [3.63, 3.8) is 0 Å². The van der Waals surface area contributed by atoms with E-state index in [-0.39, 0.29) is 68.1 Å². The summed E-state index contributed by atoms with van der Waals surface area (Å²) in [6.07, 6.45) is 49.3. The minimum absolute atomic E-state index is 0. The van der Waals surface area contributed by atoms with Gasteiger partial charge in [0.1, 0.15) is 0 Å². The van der Waals surface area contributed by atoms with Crippen molar-refractivity contribution in [1.82, 2.24) is 0 Å². The number of hydrogen-bond donors (Lipinski definition) is 0. The van der Waals surface area contributed by atoms with Crippen LogP contribution in [-0.4, -0.2) is 3.71 Å². The van der Waals surface area contributed by atoms with Crippen molar-refractivity contribution in [3.8, 4) is 0 Å². The van der Waals surface area contributed by atoms with Crippen LogP contribution in [0, 0.1) is 62.4 Å². The zero-order valence-corrected chi connectivity index (χ0v) is 38.0. The van der Waals surface area contributed by atoms with Gasteiger partial charge in [0.2, 0.25) is 0 Å². The molecule has 0 nitrogen and oxygen atoms in total. The number of rotatable bonds is 1. The second-order valence-corrected chi connectivity index (χ2v) is 18.4. The first kappa shape index (κ1) is 45.3. The molecule has 7 aliphatic carbocycles. The van der Waals surface area contributed by atoms with Crippen LogP contribution in [0.25, 0.3) is 0 Å². The zero-order chi connectivity index (χ0) is 37.4. The van der Waals surface area contributed by atoms with Gasteiger partial charge in [0.05, 0.1) is 0 Å². The predicted molar refractivity (Wildman–Crippen MR) is 217 cm³/mol. The largest absolute Gasteiger partial charge is 1.00 e. The molecule has 3 heteroatoms. The van der Waals surface area contributed by atoms with Crippen molar-refractivity contribution < 1.29 is 49.0 Å². The van der Waals surface area contributed by atoms with Gasteiger partial charge in [-0.1, -0.05) is 115 Å². The molecule has 0 N–H and O–H groups in total. The van der Waals surface area contributed by atoms with Crippen LogP contribution in [0.2, 0.25) is 0 Å². The molecule has 1 aromatic carbocycles. The first-order valence-corrected chi connectivity index (χ1v) is 20.4. The summed E-state index contributed by atoms with van der Waals surface area (Å²) in [7, 11) is 0. The Hall–Kier alpha value is -2.05. The van der Waals surface area contributed by atoms with E-state index >= 15 is 0 Å². The van der Waals surface area contributed by atoms with Crippen LogP contribution < -0.4 is 24.8 Å². The van der Waals surface area contributed by atoms with E-state index in [0.29, 0.717) is 5.92 Å². The first-order chi connectivity index (χ1) is 23.9. The minimum atomic E-state index is 0. The monoisotopic (exact) mass is 821 g/mol. The van der Waals surface area contributed by atoms with Gasteiger partial charge in [-0.05, 0) is 28.6 Å². The molecule has 2 saturated carbocycles. The van der Waals surface area contributed by atoms with Crippen LogP contribution in [-0.2, 0) is 29.7 Å². The van der Waals surface area contributed by atoms with Crippen LogP contribution in [0.4, 0.5) is 0 Å². The molecule has 0 radical (unpaired) electrons. The molecular weight excluding hydrogens is 763 g/mol. The molecule has 0 amide bonds. The molecule has 0 bridgehead atoms. The first-order valence-electron chi connectivity index (χ1n) is 18.9. The average Bonchev–Trinajstić information content (AvgIpc) is 3.91. The standard InChI is InChI=1S/C29H37.C11H14.2C5H5.2ClH.Zr/c1-21-14-13-15-22-20-27(6)25(4)18-10-9-16-23(25,2)24(3)17-11-12-19-26(24,5)29(27,8)28(21,22)7;1-9-5-7-10(8-6-9)11(2,3)4;2*1-2-4-5-3-1;;;/h9-20,22H,1-8H3;1,5-8H,2-4H3;2*1-3H,4H2;2*1H;/q-1;;2*-1;;;+2/p-2. The third kappa shape index (κ3) is 6.80. The zero-order valence-electron chi connectivity index (χ0n) is 34.0. The van der Waals surface area contributed by atoms with E-state index in [4.69, 9.17) is 0 Å². The van der Waals surface area contributed by atoms with Gasteiger partial charge in [0, 0.05) is 10.8 Å². The van der Waals surface area contributed by atoms with Crippen LogP contribution >= 0.6 is 0 Å². The molecule has 0 heterocycles. The molecule has 0 aromatic heterocycles. The number of hydrogen-bond acceptors (Lipinski definition) is 0. The van der Waals surface area contributed by atoms with E-state index in [1.165, 1.54) is 40.9 Å². The molecule has 7 aliphatic rings. The van der Waals surface area contributed by atoms with E-state index in [9.17, 15) is 0 Å². The number of fused-ring (bicyclic) bond motifs is 8. The smallest absolute Gasteiger partial charge is 0.00455 e. The second-order valence-electron chi connectivity index (χ2n) is 17.7. The summed E-state index contributed by atoms with van der Waals surface area (Å²) >= 11 is 1.46. The molecule has 1 aromatic rings. The topological polar surface area (TPSA) is 0 Å². The van der Waals surface area contributed by atoms with Crippen LogP contribution in [0.1, 0.15) is 100 Å². The predicted octanol–water partition coefficient (Wildman–Crippen LogP) is 6.95. The Morgan fingerprint density at radius 2 is 1.15 bits per heavy atom.